The minimum Gasteiger partial charge on any atom is -0.326 e. The van der Waals surface area contributed by atoms with Gasteiger partial charge in [0.1, 0.15) is 0 Å². The Morgan fingerprint density at radius 2 is 1.80 bits per heavy atom. The maximum Gasteiger partial charge on any atom is 0.228 e. The summed E-state index contributed by atoms with van der Waals surface area (Å²) in [6, 6.07) is 13.8. The van der Waals surface area contributed by atoms with E-state index < -0.39 is 0 Å². The summed E-state index contributed by atoms with van der Waals surface area (Å²) in [4.78, 5) is 12.2. The quantitative estimate of drug-likeness (QED) is 0.895. The molecule has 0 spiro atoms. The lowest BCUT2D eigenvalue weighted by molar-refractivity contribution is -0.115. The van der Waals surface area contributed by atoms with Gasteiger partial charge in [0.2, 0.25) is 5.91 Å². The Bertz CT molecular complexity index is 620. The molecule has 3 N–H and O–H groups in total. The molecule has 2 aromatic carbocycles. The second-order valence-electron chi connectivity index (χ2n) is 5.02. The Morgan fingerprint density at radius 3 is 2.50 bits per heavy atom. The topological polar surface area (TPSA) is 55.1 Å². The van der Waals surface area contributed by atoms with Crippen molar-refractivity contribution in [2.24, 2.45) is 5.73 Å². The molecule has 104 valence electrons. The van der Waals surface area contributed by atoms with Gasteiger partial charge in [-0.2, -0.15) is 0 Å². The molecular formula is C17H20N2O. The van der Waals surface area contributed by atoms with Crippen LogP contribution in [0.25, 0.3) is 0 Å². The van der Waals surface area contributed by atoms with Crippen LogP contribution in [0.5, 0.6) is 0 Å². The Kier molecular flexibility index (Phi) is 4.53. The minimum atomic E-state index is -0.0143. The fraction of sp³-hybridized carbons (Fsp3) is 0.235. The number of carbonyl (C=O) groups is 1. The third-order valence-electron chi connectivity index (χ3n) is 3.36. The van der Waals surface area contributed by atoms with Gasteiger partial charge in [-0.05, 0) is 42.2 Å². The molecule has 0 saturated carbocycles. The normalized spacial score (nSPS) is 10.3. The second kappa shape index (κ2) is 6.35. The van der Waals surface area contributed by atoms with Crippen molar-refractivity contribution in [1.29, 1.82) is 0 Å². The molecule has 3 nitrogen and oxygen atoms in total. The number of aryl methyl sites for hydroxylation is 2. The molecule has 0 heterocycles. The first-order chi connectivity index (χ1) is 9.60. The van der Waals surface area contributed by atoms with Crippen LogP contribution < -0.4 is 11.1 Å². The molecule has 3 heteroatoms. The van der Waals surface area contributed by atoms with Gasteiger partial charge in [-0.25, -0.2) is 0 Å². The van der Waals surface area contributed by atoms with Gasteiger partial charge < -0.3 is 11.1 Å². The number of carbonyl (C=O) groups excluding carboxylic acids is 1. The van der Waals surface area contributed by atoms with Crippen LogP contribution in [0.2, 0.25) is 0 Å². The molecule has 0 bridgehead atoms. The SMILES string of the molecule is Cc1ccc(C)c(NC(=O)Cc2ccccc2CN)c1. The van der Waals surface area contributed by atoms with Crippen molar-refractivity contribution in [1.82, 2.24) is 0 Å². The molecule has 0 aliphatic heterocycles. The average molecular weight is 268 g/mol. The number of anilines is 1. The van der Waals surface area contributed by atoms with Crippen LogP contribution in [-0.4, -0.2) is 5.91 Å². The summed E-state index contributed by atoms with van der Waals surface area (Å²) in [6.45, 7) is 4.45. The predicted octanol–water partition coefficient (Wildman–Crippen LogP) is 2.94. The van der Waals surface area contributed by atoms with E-state index in [1.54, 1.807) is 0 Å². The average Bonchev–Trinajstić information content (AvgIpc) is 2.43. The van der Waals surface area contributed by atoms with E-state index in [1.165, 1.54) is 0 Å². The maximum atomic E-state index is 12.2. The van der Waals surface area contributed by atoms with E-state index in [0.29, 0.717) is 13.0 Å². The van der Waals surface area contributed by atoms with Crippen LogP contribution in [0.3, 0.4) is 0 Å². The molecule has 0 aromatic heterocycles. The summed E-state index contributed by atoms with van der Waals surface area (Å²) >= 11 is 0. The number of nitrogens with two attached hydrogens (primary N) is 1. The van der Waals surface area contributed by atoms with Gasteiger partial charge in [0.25, 0.3) is 0 Å². The van der Waals surface area contributed by atoms with Crippen molar-refractivity contribution in [3.63, 3.8) is 0 Å². The van der Waals surface area contributed by atoms with Gasteiger partial charge in [-0.1, -0.05) is 36.4 Å². The van der Waals surface area contributed by atoms with Crippen molar-refractivity contribution in [2.75, 3.05) is 5.32 Å². The molecular weight excluding hydrogens is 248 g/mol. The number of rotatable bonds is 4. The molecule has 0 atom stereocenters. The highest BCUT2D eigenvalue weighted by atomic mass is 16.1. The summed E-state index contributed by atoms with van der Waals surface area (Å²) in [5, 5.41) is 2.97. The third kappa shape index (κ3) is 3.45. The zero-order chi connectivity index (χ0) is 14.5. The number of nitrogens with one attached hydrogen (secondary N) is 1. The summed E-state index contributed by atoms with van der Waals surface area (Å²) in [5.74, 6) is -0.0143. The Labute approximate surface area is 119 Å². The molecule has 0 aliphatic carbocycles. The van der Waals surface area contributed by atoms with E-state index in [0.717, 1.165) is 27.9 Å². The molecule has 0 aliphatic rings. The molecule has 0 saturated heterocycles. The predicted molar refractivity (Wildman–Crippen MR) is 82.6 cm³/mol. The van der Waals surface area contributed by atoms with Gasteiger partial charge in [-0.3, -0.25) is 4.79 Å². The van der Waals surface area contributed by atoms with E-state index in [4.69, 9.17) is 5.73 Å². The first kappa shape index (κ1) is 14.3. The summed E-state index contributed by atoms with van der Waals surface area (Å²) in [6.07, 6.45) is 0.348. The third-order valence-corrected chi connectivity index (χ3v) is 3.36. The minimum absolute atomic E-state index is 0.0143. The summed E-state index contributed by atoms with van der Waals surface area (Å²) < 4.78 is 0. The lowest BCUT2D eigenvalue weighted by Gasteiger charge is -2.11. The van der Waals surface area contributed by atoms with Crippen molar-refractivity contribution >= 4 is 11.6 Å². The molecule has 0 radical (unpaired) electrons. The van der Waals surface area contributed by atoms with E-state index >= 15 is 0 Å². The molecule has 1 amide bonds. The second-order valence-corrected chi connectivity index (χ2v) is 5.02. The van der Waals surface area contributed by atoms with Gasteiger partial charge in [0.05, 0.1) is 6.42 Å². The monoisotopic (exact) mass is 268 g/mol. The lowest BCUT2D eigenvalue weighted by Crippen LogP contribution is -2.16. The number of benzene rings is 2. The highest BCUT2D eigenvalue weighted by Crippen LogP contribution is 2.17. The number of hydrogen-bond donors (Lipinski definition) is 2. The summed E-state index contributed by atoms with van der Waals surface area (Å²) in [5.41, 5.74) is 10.8. The number of hydrogen-bond acceptors (Lipinski definition) is 2. The maximum absolute atomic E-state index is 12.2. The highest BCUT2D eigenvalue weighted by molar-refractivity contribution is 5.93. The van der Waals surface area contributed by atoms with Crippen LogP contribution >= 0.6 is 0 Å². The molecule has 20 heavy (non-hydrogen) atoms. The first-order valence-corrected chi connectivity index (χ1v) is 6.74. The summed E-state index contributed by atoms with van der Waals surface area (Å²) in [7, 11) is 0. The van der Waals surface area contributed by atoms with Crippen molar-refractivity contribution in [3.05, 3.63) is 64.7 Å². The van der Waals surface area contributed by atoms with Crippen LogP contribution in [0.15, 0.2) is 42.5 Å². The van der Waals surface area contributed by atoms with E-state index in [9.17, 15) is 4.79 Å². The van der Waals surface area contributed by atoms with Gasteiger partial charge in [0.15, 0.2) is 0 Å². The van der Waals surface area contributed by atoms with Crippen molar-refractivity contribution < 1.29 is 4.79 Å². The van der Waals surface area contributed by atoms with E-state index in [-0.39, 0.29) is 5.91 Å². The fourth-order valence-corrected chi connectivity index (χ4v) is 2.17. The standard InChI is InChI=1S/C17H20N2O/c1-12-7-8-13(2)16(9-12)19-17(20)10-14-5-3-4-6-15(14)11-18/h3-9H,10-11,18H2,1-2H3,(H,19,20). The zero-order valence-electron chi connectivity index (χ0n) is 11.9. The Hall–Kier alpha value is -2.13. The fourth-order valence-electron chi connectivity index (χ4n) is 2.17. The van der Waals surface area contributed by atoms with Gasteiger partial charge in [-0.15, -0.1) is 0 Å². The van der Waals surface area contributed by atoms with Gasteiger partial charge >= 0.3 is 0 Å². The van der Waals surface area contributed by atoms with Crippen LogP contribution in [-0.2, 0) is 17.8 Å². The van der Waals surface area contributed by atoms with Gasteiger partial charge in [0, 0.05) is 12.2 Å². The van der Waals surface area contributed by atoms with E-state index in [1.807, 2.05) is 56.3 Å². The Morgan fingerprint density at radius 1 is 1.10 bits per heavy atom. The van der Waals surface area contributed by atoms with Crippen LogP contribution in [0, 0.1) is 13.8 Å². The molecule has 2 aromatic rings. The molecule has 2 rings (SSSR count). The van der Waals surface area contributed by atoms with Crippen molar-refractivity contribution in [2.45, 2.75) is 26.8 Å². The van der Waals surface area contributed by atoms with Crippen molar-refractivity contribution in [3.8, 4) is 0 Å². The lowest BCUT2D eigenvalue weighted by atomic mass is 10.0. The van der Waals surface area contributed by atoms with Crippen LogP contribution in [0.1, 0.15) is 22.3 Å². The highest BCUT2D eigenvalue weighted by Gasteiger charge is 2.08. The number of amides is 1. The smallest absolute Gasteiger partial charge is 0.228 e. The molecule has 0 fully saturated rings. The molecule has 0 unspecified atom stereocenters. The largest absolute Gasteiger partial charge is 0.326 e. The zero-order valence-corrected chi connectivity index (χ0v) is 11.9. The van der Waals surface area contributed by atoms with E-state index in [2.05, 4.69) is 5.32 Å². The van der Waals surface area contributed by atoms with Crippen LogP contribution in [0.4, 0.5) is 5.69 Å². The Balaban J connectivity index is 2.11. The first-order valence-electron chi connectivity index (χ1n) is 6.74.